The Balaban J connectivity index is 2.55. The molecule has 0 aliphatic heterocycles. The lowest BCUT2D eigenvalue weighted by molar-refractivity contribution is 0.0409. The number of carboxylic acid groups (broad SMARTS) is 1. The summed E-state index contributed by atoms with van der Waals surface area (Å²) in [6, 6.07) is 6.98. The molecule has 2 N–H and O–H groups in total. The number of benzene rings is 1. The maximum absolute atomic E-state index is 11.7. The predicted octanol–water partition coefficient (Wildman–Crippen LogP) is 9.34. The van der Waals surface area contributed by atoms with Gasteiger partial charge in [0, 0.05) is 18.8 Å². The lowest BCUT2D eigenvalue weighted by atomic mass is 9.96. The molecule has 2 rings (SSSR count). The predicted molar refractivity (Wildman–Crippen MR) is 180 cm³/mol. The summed E-state index contributed by atoms with van der Waals surface area (Å²) in [4.78, 5) is 11.7. The molecule has 1 aromatic rings. The normalized spacial score (nSPS) is 22.0. The Kier molecular flexibility index (Phi) is 12.4. The summed E-state index contributed by atoms with van der Waals surface area (Å²) in [6.07, 6.45) is 8.56. The van der Waals surface area contributed by atoms with Gasteiger partial charge in [0.25, 0.3) is 0 Å². The van der Waals surface area contributed by atoms with Gasteiger partial charge < -0.3 is 19.1 Å². The molecule has 0 aromatic heterocycles. The Morgan fingerprint density at radius 3 is 2.19 bits per heavy atom. The zero-order valence-corrected chi connectivity index (χ0v) is 30.3. The Hall–Kier alpha value is -1.86. The second kappa shape index (κ2) is 14.3. The van der Waals surface area contributed by atoms with Crippen LogP contribution in [0.4, 0.5) is 0 Å². The van der Waals surface area contributed by atoms with E-state index in [1.54, 1.807) is 18.2 Å². The quantitative estimate of drug-likeness (QED) is 0.106. The van der Waals surface area contributed by atoms with Crippen LogP contribution in [-0.2, 0) is 15.3 Å². The molecule has 42 heavy (non-hydrogen) atoms. The molecule has 5 nitrogen and oxygen atoms in total. The number of hydrogen-bond donors (Lipinski definition) is 2. The molecular formula is C35H58O5Si2. The molecule has 0 heterocycles. The van der Waals surface area contributed by atoms with Crippen molar-refractivity contribution in [3.63, 3.8) is 0 Å². The Bertz CT molecular complexity index is 1150. The minimum absolute atomic E-state index is 0.0143. The van der Waals surface area contributed by atoms with Crippen molar-refractivity contribution < 1.29 is 23.9 Å². The molecule has 1 aromatic carbocycles. The smallest absolute Gasteiger partial charge is 0.335 e. The van der Waals surface area contributed by atoms with Crippen LogP contribution >= 0.6 is 0 Å². The number of allylic oxidation sites excluding steroid dienone is 1. The van der Waals surface area contributed by atoms with Gasteiger partial charge in [-0.3, -0.25) is 0 Å². The highest BCUT2D eigenvalue weighted by Crippen LogP contribution is 2.51. The molecule has 1 aliphatic rings. The van der Waals surface area contributed by atoms with Gasteiger partial charge in [-0.2, -0.15) is 0 Å². The summed E-state index contributed by atoms with van der Waals surface area (Å²) in [6.45, 7) is 24.8. The van der Waals surface area contributed by atoms with E-state index in [9.17, 15) is 15.0 Å². The van der Waals surface area contributed by atoms with Gasteiger partial charge in [-0.05, 0) is 73.2 Å². The zero-order valence-electron chi connectivity index (χ0n) is 28.3. The summed E-state index contributed by atoms with van der Waals surface area (Å²) in [5.41, 5.74) is 0.203. The highest BCUT2D eigenvalue weighted by Gasteiger charge is 2.55. The minimum atomic E-state index is -2.28. The fourth-order valence-electron chi connectivity index (χ4n) is 4.89. The van der Waals surface area contributed by atoms with Gasteiger partial charge >= 0.3 is 5.97 Å². The summed E-state index contributed by atoms with van der Waals surface area (Å²) < 4.78 is 14.5. The lowest BCUT2D eigenvalue weighted by Gasteiger charge is -2.47. The van der Waals surface area contributed by atoms with Crippen molar-refractivity contribution in [1.29, 1.82) is 0 Å². The largest absolute Gasteiger partial charge is 0.545 e. The standard InChI is InChI=1S/C35H58O5Si2/c1-12-13-14-15-16-24-31(39-41(8,9)33(2,3)4)35(40-42(10,11)34(5,6)7)25-28(30(36)26-35)22-19-21-27-20-17-18-23-29(27)32(37)38/h17-18,20,23-24,28,30,36H,12-16,21,25-26H2,1-11H3,(H,37,38)/b31-24-. The van der Waals surface area contributed by atoms with Crippen molar-refractivity contribution in [3.8, 4) is 11.8 Å². The van der Waals surface area contributed by atoms with Gasteiger partial charge in [0.15, 0.2) is 8.32 Å². The molecule has 0 amide bonds. The van der Waals surface area contributed by atoms with Crippen molar-refractivity contribution in [3.05, 3.63) is 47.2 Å². The fraction of sp³-hybridized carbons (Fsp3) is 0.686. The summed E-state index contributed by atoms with van der Waals surface area (Å²) in [5, 5.41) is 21.1. The molecule has 0 radical (unpaired) electrons. The van der Waals surface area contributed by atoms with Crippen molar-refractivity contribution >= 4 is 22.6 Å². The van der Waals surface area contributed by atoms with E-state index in [0.717, 1.165) is 18.6 Å². The first-order chi connectivity index (χ1) is 19.3. The average molecular weight is 615 g/mol. The second-order valence-electron chi connectivity index (χ2n) is 15.2. The molecule has 1 saturated carbocycles. The van der Waals surface area contributed by atoms with E-state index in [-0.39, 0.29) is 21.6 Å². The van der Waals surface area contributed by atoms with Crippen LogP contribution in [0.25, 0.3) is 0 Å². The molecule has 1 fully saturated rings. The van der Waals surface area contributed by atoms with Crippen LogP contribution in [0, 0.1) is 17.8 Å². The number of hydrogen-bond acceptors (Lipinski definition) is 4. The zero-order chi connectivity index (χ0) is 32.0. The van der Waals surface area contributed by atoms with E-state index in [0.29, 0.717) is 24.8 Å². The maximum Gasteiger partial charge on any atom is 0.335 e. The Morgan fingerprint density at radius 1 is 1.00 bits per heavy atom. The molecular weight excluding hydrogens is 557 g/mol. The molecule has 0 bridgehead atoms. The highest BCUT2D eigenvalue weighted by atomic mass is 28.4. The molecule has 3 atom stereocenters. The number of aromatic carboxylic acids is 1. The molecule has 0 saturated heterocycles. The first kappa shape index (κ1) is 36.3. The first-order valence-corrected chi connectivity index (χ1v) is 21.7. The molecule has 236 valence electrons. The number of aliphatic hydroxyl groups is 1. The van der Waals surface area contributed by atoms with Crippen LogP contribution in [0.1, 0.15) is 109 Å². The van der Waals surface area contributed by atoms with Crippen molar-refractivity contribution in [1.82, 2.24) is 0 Å². The molecule has 1 aliphatic carbocycles. The molecule has 7 heteroatoms. The third kappa shape index (κ3) is 9.32. The van der Waals surface area contributed by atoms with Crippen molar-refractivity contribution in [2.24, 2.45) is 5.92 Å². The monoisotopic (exact) mass is 614 g/mol. The van der Waals surface area contributed by atoms with E-state index in [4.69, 9.17) is 8.85 Å². The average Bonchev–Trinajstić information content (AvgIpc) is 3.17. The van der Waals surface area contributed by atoms with Gasteiger partial charge in [0.2, 0.25) is 8.32 Å². The van der Waals surface area contributed by atoms with Gasteiger partial charge in [-0.1, -0.05) is 97.8 Å². The van der Waals surface area contributed by atoms with Gasteiger partial charge in [-0.15, -0.1) is 0 Å². The third-order valence-corrected chi connectivity index (χ3v) is 18.5. The van der Waals surface area contributed by atoms with Crippen LogP contribution in [0.3, 0.4) is 0 Å². The number of aliphatic hydroxyl groups excluding tert-OH is 1. The molecule has 3 unspecified atom stereocenters. The van der Waals surface area contributed by atoms with Crippen LogP contribution in [0.15, 0.2) is 36.1 Å². The summed E-state index contributed by atoms with van der Waals surface area (Å²) in [5.74, 6) is 6.19. The number of rotatable bonds is 12. The topological polar surface area (TPSA) is 76.0 Å². The maximum atomic E-state index is 11.7. The fourth-order valence-corrected chi connectivity index (χ4v) is 7.57. The van der Waals surface area contributed by atoms with Crippen LogP contribution in [0.2, 0.25) is 36.3 Å². The molecule has 0 spiro atoms. The van der Waals surface area contributed by atoms with Crippen molar-refractivity contribution in [2.45, 2.75) is 148 Å². The van der Waals surface area contributed by atoms with E-state index in [1.165, 1.54) is 19.3 Å². The summed E-state index contributed by atoms with van der Waals surface area (Å²) in [7, 11) is -4.50. The number of carbonyl (C=O) groups is 1. The highest BCUT2D eigenvalue weighted by molar-refractivity contribution is 6.75. The van der Waals surface area contributed by atoms with Crippen molar-refractivity contribution in [2.75, 3.05) is 0 Å². The van der Waals surface area contributed by atoms with E-state index in [2.05, 4.69) is 92.6 Å². The number of carboxylic acids is 1. The van der Waals surface area contributed by atoms with Gasteiger partial charge in [-0.25, -0.2) is 4.79 Å². The van der Waals surface area contributed by atoms with Crippen LogP contribution in [-0.4, -0.2) is 44.5 Å². The van der Waals surface area contributed by atoms with E-state index < -0.39 is 34.3 Å². The second-order valence-corrected chi connectivity index (χ2v) is 24.6. The first-order valence-electron chi connectivity index (χ1n) is 15.8. The minimum Gasteiger partial charge on any atom is -0.545 e. The Labute approximate surface area is 258 Å². The van der Waals surface area contributed by atoms with Gasteiger partial charge in [0.1, 0.15) is 11.4 Å². The van der Waals surface area contributed by atoms with E-state index >= 15 is 0 Å². The third-order valence-electron chi connectivity index (χ3n) is 9.63. The van der Waals surface area contributed by atoms with Crippen LogP contribution in [0.5, 0.6) is 0 Å². The summed E-state index contributed by atoms with van der Waals surface area (Å²) >= 11 is 0. The van der Waals surface area contributed by atoms with Crippen LogP contribution < -0.4 is 0 Å². The lowest BCUT2D eigenvalue weighted by Crippen LogP contribution is -2.52. The Morgan fingerprint density at radius 2 is 1.62 bits per heavy atom. The number of unbranched alkanes of at least 4 members (excludes halogenated alkanes) is 4. The van der Waals surface area contributed by atoms with Gasteiger partial charge in [0.05, 0.1) is 11.7 Å². The van der Waals surface area contributed by atoms with E-state index in [1.807, 2.05) is 6.07 Å². The SMILES string of the molecule is CCCCCC/C=C(\O[Si](C)(C)C(C)(C)C)C1(O[Si](C)(C)C(C)(C)C)CC(O)C(C#CCc2ccccc2C(=O)O)C1.